The highest BCUT2D eigenvalue weighted by molar-refractivity contribution is 5.52. The lowest BCUT2D eigenvalue weighted by molar-refractivity contribution is 0.660. The third-order valence-electron chi connectivity index (χ3n) is 3.93. The van der Waals surface area contributed by atoms with Crippen molar-refractivity contribution in [2.45, 2.75) is 45.2 Å². The average molecular weight is 234 g/mol. The van der Waals surface area contributed by atoms with Crippen molar-refractivity contribution in [2.75, 3.05) is 11.4 Å². The van der Waals surface area contributed by atoms with E-state index in [0.717, 1.165) is 17.7 Å². The SMILES string of the molecule is Cc1nn(C)c(N(CC2CC2)C2CC2)c1CN. The topological polar surface area (TPSA) is 47.1 Å². The predicted molar refractivity (Wildman–Crippen MR) is 68.9 cm³/mol. The molecule has 0 atom stereocenters. The molecule has 17 heavy (non-hydrogen) atoms. The number of aryl methyl sites for hydroxylation is 2. The zero-order valence-corrected chi connectivity index (χ0v) is 10.8. The van der Waals surface area contributed by atoms with Crippen LogP contribution in [0.4, 0.5) is 5.82 Å². The first-order valence-corrected chi connectivity index (χ1v) is 6.70. The second-order valence-electron chi connectivity index (χ2n) is 5.54. The smallest absolute Gasteiger partial charge is 0.131 e. The number of aromatic nitrogens is 2. The maximum absolute atomic E-state index is 5.89. The summed E-state index contributed by atoms with van der Waals surface area (Å²) in [5, 5.41) is 4.54. The lowest BCUT2D eigenvalue weighted by atomic mass is 10.2. The molecule has 0 unspecified atom stereocenters. The van der Waals surface area contributed by atoms with Crippen LogP contribution in [0.25, 0.3) is 0 Å². The summed E-state index contributed by atoms with van der Waals surface area (Å²) in [6, 6.07) is 0.746. The van der Waals surface area contributed by atoms with Gasteiger partial charge in [0.2, 0.25) is 0 Å². The van der Waals surface area contributed by atoms with Crippen molar-refractivity contribution in [3.63, 3.8) is 0 Å². The molecule has 1 aromatic heterocycles. The fourth-order valence-electron chi connectivity index (χ4n) is 2.66. The number of rotatable bonds is 5. The van der Waals surface area contributed by atoms with Crippen molar-refractivity contribution in [1.82, 2.24) is 9.78 Å². The number of anilines is 1. The zero-order chi connectivity index (χ0) is 12.0. The third-order valence-corrected chi connectivity index (χ3v) is 3.93. The Morgan fingerprint density at radius 2 is 2.06 bits per heavy atom. The van der Waals surface area contributed by atoms with Gasteiger partial charge in [-0.25, -0.2) is 0 Å². The summed E-state index contributed by atoms with van der Waals surface area (Å²) in [5.41, 5.74) is 8.22. The van der Waals surface area contributed by atoms with Gasteiger partial charge in [-0.15, -0.1) is 0 Å². The van der Waals surface area contributed by atoms with E-state index in [1.165, 1.54) is 43.6 Å². The molecule has 0 aliphatic heterocycles. The predicted octanol–water partition coefficient (Wildman–Crippen LogP) is 1.57. The van der Waals surface area contributed by atoms with Gasteiger partial charge in [0.15, 0.2) is 0 Å². The normalized spacial score (nSPS) is 19.7. The van der Waals surface area contributed by atoms with E-state index < -0.39 is 0 Å². The molecule has 4 nitrogen and oxygen atoms in total. The Bertz CT molecular complexity index is 415. The molecule has 0 amide bonds. The van der Waals surface area contributed by atoms with E-state index in [0.29, 0.717) is 6.54 Å². The molecule has 2 N–H and O–H groups in total. The molecular formula is C13H22N4. The van der Waals surface area contributed by atoms with Crippen LogP contribution in [-0.2, 0) is 13.6 Å². The van der Waals surface area contributed by atoms with Crippen LogP contribution in [0.5, 0.6) is 0 Å². The van der Waals surface area contributed by atoms with Crippen LogP contribution in [0.15, 0.2) is 0 Å². The Morgan fingerprint density at radius 3 is 2.59 bits per heavy atom. The molecule has 1 heterocycles. The molecule has 0 aromatic carbocycles. The minimum absolute atomic E-state index is 0.600. The molecule has 0 saturated heterocycles. The molecule has 1 aromatic rings. The van der Waals surface area contributed by atoms with Crippen LogP contribution in [0, 0.1) is 12.8 Å². The molecular weight excluding hydrogens is 212 g/mol. The maximum Gasteiger partial charge on any atom is 0.131 e. The van der Waals surface area contributed by atoms with Crippen molar-refractivity contribution in [1.29, 1.82) is 0 Å². The second kappa shape index (κ2) is 4.02. The summed E-state index contributed by atoms with van der Waals surface area (Å²) in [5.74, 6) is 2.19. The number of nitrogens with two attached hydrogens (primary N) is 1. The van der Waals surface area contributed by atoms with Crippen LogP contribution < -0.4 is 10.6 Å². The van der Waals surface area contributed by atoms with E-state index in [9.17, 15) is 0 Å². The van der Waals surface area contributed by atoms with Crippen molar-refractivity contribution in [3.8, 4) is 0 Å². The average Bonchev–Trinajstić information content (AvgIpc) is 3.13. The standard InChI is InChI=1S/C13H22N4/c1-9-12(7-14)13(16(2)15-9)17(11-5-6-11)8-10-3-4-10/h10-11H,3-8,14H2,1-2H3. The van der Waals surface area contributed by atoms with E-state index >= 15 is 0 Å². The van der Waals surface area contributed by atoms with Gasteiger partial charge in [0.1, 0.15) is 5.82 Å². The summed E-state index contributed by atoms with van der Waals surface area (Å²) in [4.78, 5) is 2.57. The van der Waals surface area contributed by atoms with Crippen LogP contribution in [0.3, 0.4) is 0 Å². The molecule has 2 aliphatic rings. The van der Waals surface area contributed by atoms with Crippen LogP contribution in [-0.4, -0.2) is 22.4 Å². The first kappa shape index (κ1) is 11.1. The van der Waals surface area contributed by atoms with E-state index in [-0.39, 0.29) is 0 Å². The monoisotopic (exact) mass is 234 g/mol. The van der Waals surface area contributed by atoms with Gasteiger partial charge in [-0.1, -0.05) is 0 Å². The van der Waals surface area contributed by atoms with Crippen molar-refractivity contribution < 1.29 is 0 Å². The number of hydrogen-bond donors (Lipinski definition) is 1. The van der Waals surface area contributed by atoms with Gasteiger partial charge in [0, 0.05) is 31.7 Å². The Morgan fingerprint density at radius 1 is 1.35 bits per heavy atom. The minimum Gasteiger partial charge on any atom is -0.353 e. The van der Waals surface area contributed by atoms with Gasteiger partial charge in [-0.3, -0.25) is 4.68 Å². The first-order chi connectivity index (χ1) is 8.20. The van der Waals surface area contributed by atoms with Gasteiger partial charge in [-0.2, -0.15) is 5.10 Å². The maximum atomic E-state index is 5.89. The number of hydrogen-bond acceptors (Lipinski definition) is 3. The largest absolute Gasteiger partial charge is 0.353 e. The Hall–Kier alpha value is -1.03. The summed E-state index contributed by atoms with van der Waals surface area (Å²) >= 11 is 0. The summed E-state index contributed by atoms with van der Waals surface area (Å²) < 4.78 is 2.03. The molecule has 3 rings (SSSR count). The van der Waals surface area contributed by atoms with Crippen molar-refractivity contribution >= 4 is 5.82 Å². The Labute approximate surface area is 103 Å². The fraction of sp³-hybridized carbons (Fsp3) is 0.769. The van der Waals surface area contributed by atoms with E-state index in [1.807, 2.05) is 11.7 Å². The second-order valence-corrected chi connectivity index (χ2v) is 5.54. The molecule has 4 heteroatoms. The van der Waals surface area contributed by atoms with Gasteiger partial charge >= 0.3 is 0 Å². The van der Waals surface area contributed by atoms with Crippen LogP contribution in [0.1, 0.15) is 36.9 Å². The van der Waals surface area contributed by atoms with Crippen LogP contribution >= 0.6 is 0 Å². The number of nitrogens with zero attached hydrogens (tertiary/aromatic N) is 3. The highest BCUT2D eigenvalue weighted by Gasteiger charge is 2.36. The molecule has 2 saturated carbocycles. The highest BCUT2D eigenvalue weighted by Crippen LogP contribution is 2.39. The lowest BCUT2D eigenvalue weighted by Crippen LogP contribution is -2.31. The van der Waals surface area contributed by atoms with Crippen LogP contribution in [0.2, 0.25) is 0 Å². The Balaban J connectivity index is 1.92. The summed E-state index contributed by atoms with van der Waals surface area (Å²) in [7, 11) is 2.05. The quantitative estimate of drug-likeness (QED) is 0.841. The Kier molecular flexibility index (Phi) is 2.62. The molecule has 0 radical (unpaired) electrons. The first-order valence-electron chi connectivity index (χ1n) is 6.70. The third kappa shape index (κ3) is 2.06. The lowest BCUT2D eigenvalue weighted by Gasteiger charge is -2.25. The summed E-state index contributed by atoms with van der Waals surface area (Å²) in [6.45, 7) is 3.87. The molecule has 94 valence electrons. The fourth-order valence-corrected chi connectivity index (χ4v) is 2.66. The van der Waals surface area contributed by atoms with Gasteiger partial charge in [-0.05, 0) is 38.5 Å². The molecule has 2 fully saturated rings. The molecule has 2 aliphatic carbocycles. The molecule has 0 bridgehead atoms. The molecule has 0 spiro atoms. The van der Waals surface area contributed by atoms with E-state index in [1.54, 1.807) is 0 Å². The minimum atomic E-state index is 0.600. The summed E-state index contributed by atoms with van der Waals surface area (Å²) in [6.07, 6.45) is 5.47. The van der Waals surface area contributed by atoms with Gasteiger partial charge < -0.3 is 10.6 Å². The van der Waals surface area contributed by atoms with E-state index in [4.69, 9.17) is 5.73 Å². The van der Waals surface area contributed by atoms with Crippen molar-refractivity contribution in [2.24, 2.45) is 18.7 Å². The zero-order valence-electron chi connectivity index (χ0n) is 10.8. The van der Waals surface area contributed by atoms with Crippen molar-refractivity contribution in [3.05, 3.63) is 11.3 Å². The highest BCUT2D eigenvalue weighted by atomic mass is 15.4. The van der Waals surface area contributed by atoms with Gasteiger partial charge in [0.05, 0.1) is 5.69 Å². The van der Waals surface area contributed by atoms with E-state index in [2.05, 4.69) is 16.9 Å². The van der Waals surface area contributed by atoms with Gasteiger partial charge in [0.25, 0.3) is 0 Å².